The highest BCUT2D eigenvalue weighted by Gasteiger charge is 2.12. The highest BCUT2D eigenvalue weighted by atomic mass is 16.6. The molecule has 0 fully saturated rings. The molecule has 0 unspecified atom stereocenters. The summed E-state index contributed by atoms with van der Waals surface area (Å²) in [5, 5.41) is 0. The number of hydrogen-bond acceptors (Lipinski definition) is 3. The first kappa shape index (κ1) is 11.6. The van der Waals surface area contributed by atoms with E-state index in [0.29, 0.717) is 11.5 Å². The Bertz CT molecular complexity index is 350. The van der Waals surface area contributed by atoms with E-state index in [1.807, 2.05) is 6.07 Å². The predicted molar refractivity (Wildman–Crippen MR) is 57.8 cm³/mol. The molecule has 0 aliphatic carbocycles. The van der Waals surface area contributed by atoms with Gasteiger partial charge in [0.25, 0.3) is 5.95 Å². The molecule has 0 bridgehead atoms. The molecule has 0 spiro atoms. The van der Waals surface area contributed by atoms with Gasteiger partial charge < -0.3 is 9.15 Å². The van der Waals surface area contributed by atoms with Gasteiger partial charge in [-0.25, -0.2) is 4.79 Å². The smallest absolute Gasteiger partial charge is 0.340 e. The summed E-state index contributed by atoms with van der Waals surface area (Å²) in [5.74, 6) is -0.140. The molecule has 0 N–H and O–H groups in total. The second-order valence-corrected chi connectivity index (χ2v) is 3.51. The van der Waals surface area contributed by atoms with Gasteiger partial charge in [-0.1, -0.05) is 19.9 Å². The van der Waals surface area contributed by atoms with Crippen molar-refractivity contribution in [3.63, 3.8) is 0 Å². The summed E-state index contributed by atoms with van der Waals surface area (Å²) in [6.45, 7) is 7.23. The summed E-state index contributed by atoms with van der Waals surface area (Å²) < 4.78 is 10.1. The first-order valence-corrected chi connectivity index (χ1v) is 5.09. The van der Waals surface area contributed by atoms with E-state index in [1.165, 1.54) is 6.26 Å². The van der Waals surface area contributed by atoms with Crippen molar-refractivity contribution in [1.29, 1.82) is 0 Å². The SMILES string of the molecule is C=C(C)C(=O)Oc1occc1CCCC. The van der Waals surface area contributed by atoms with Crippen molar-refractivity contribution < 1.29 is 13.9 Å². The van der Waals surface area contributed by atoms with Crippen molar-refractivity contribution in [3.8, 4) is 5.95 Å². The molecule has 0 aliphatic rings. The van der Waals surface area contributed by atoms with E-state index in [4.69, 9.17) is 9.15 Å². The zero-order chi connectivity index (χ0) is 11.3. The van der Waals surface area contributed by atoms with Crippen molar-refractivity contribution in [1.82, 2.24) is 0 Å². The Kier molecular flexibility index (Phi) is 4.16. The number of hydrogen-bond donors (Lipinski definition) is 0. The molecule has 0 atom stereocenters. The van der Waals surface area contributed by atoms with Crippen molar-refractivity contribution in [2.75, 3.05) is 0 Å². The van der Waals surface area contributed by atoms with Gasteiger partial charge in [0.05, 0.1) is 6.26 Å². The second-order valence-electron chi connectivity index (χ2n) is 3.51. The molecule has 3 nitrogen and oxygen atoms in total. The van der Waals surface area contributed by atoms with Crippen LogP contribution in [0.2, 0.25) is 0 Å². The minimum atomic E-state index is -0.442. The number of ether oxygens (including phenoxy) is 1. The zero-order valence-corrected chi connectivity index (χ0v) is 9.21. The van der Waals surface area contributed by atoms with E-state index in [1.54, 1.807) is 6.92 Å². The summed E-state index contributed by atoms with van der Waals surface area (Å²) in [5.41, 5.74) is 1.30. The third-order valence-electron chi connectivity index (χ3n) is 2.04. The average Bonchev–Trinajstić information content (AvgIpc) is 2.62. The van der Waals surface area contributed by atoms with Gasteiger partial charge in [0.2, 0.25) is 0 Å². The first-order valence-electron chi connectivity index (χ1n) is 5.09. The Balaban J connectivity index is 2.64. The topological polar surface area (TPSA) is 39.4 Å². The van der Waals surface area contributed by atoms with Crippen LogP contribution >= 0.6 is 0 Å². The zero-order valence-electron chi connectivity index (χ0n) is 9.21. The quantitative estimate of drug-likeness (QED) is 0.551. The Labute approximate surface area is 89.7 Å². The molecule has 0 aromatic carbocycles. The molecule has 0 aliphatic heterocycles. The normalized spacial score (nSPS) is 10.0. The lowest BCUT2D eigenvalue weighted by atomic mass is 10.1. The lowest BCUT2D eigenvalue weighted by Gasteiger charge is -2.02. The molecule has 1 aromatic heterocycles. The lowest BCUT2D eigenvalue weighted by molar-refractivity contribution is -0.131. The molecule has 1 rings (SSSR count). The van der Waals surface area contributed by atoms with E-state index >= 15 is 0 Å². The molecule has 3 heteroatoms. The maximum atomic E-state index is 11.3. The largest absolute Gasteiger partial charge is 0.434 e. The Morgan fingerprint density at radius 2 is 2.33 bits per heavy atom. The number of rotatable bonds is 5. The van der Waals surface area contributed by atoms with Crippen LogP contribution in [0, 0.1) is 0 Å². The van der Waals surface area contributed by atoms with E-state index in [0.717, 1.165) is 24.8 Å². The van der Waals surface area contributed by atoms with Crippen LogP contribution in [0.4, 0.5) is 0 Å². The van der Waals surface area contributed by atoms with E-state index in [-0.39, 0.29) is 0 Å². The molecule has 1 heterocycles. The molecule has 0 radical (unpaired) electrons. The second kappa shape index (κ2) is 5.39. The molecular formula is C12H16O3. The van der Waals surface area contributed by atoms with Gasteiger partial charge in [0, 0.05) is 11.1 Å². The highest BCUT2D eigenvalue weighted by molar-refractivity contribution is 5.88. The fraction of sp³-hybridized carbons (Fsp3) is 0.417. The van der Waals surface area contributed by atoms with Crippen LogP contribution < -0.4 is 4.74 Å². The van der Waals surface area contributed by atoms with Gasteiger partial charge in [-0.15, -0.1) is 0 Å². The predicted octanol–water partition coefficient (Wildman–Crippen LogP) is 3.10. The van der Waals surface area contributed by atoms with Gasteiger partial charge in [-0.3, -0.25) is 0 Å². The van der Waals surface area contributed by atoms with E-state index < -0.39 is 5.97 Å². The molecule has 0 saturated heterocycles. The van der Waals surface area contributed by atoms with Crippen LogP contribution in [0.1, 0.15) is 32.3 Å². The van der Waals surface area contributed by atoms with Crippen molar-refractivity contribution >= 4 is 5.97 Å². The number of esters is 1. The van der Waals surface area contributed by atoms with Crippen LogP contribution in [0.25, 0.3) is 0 Å². The third-order valence-corrected chi connectivity index (χ3v) is 2.04. The number of furan rings is 1. The Hall–Kier alpha value is -1.51. The number of aryl methyl sites for hydroxylation is 1. The van der Waals surface area contributed by atoms with Crippen molar-refractivity contribution in [2.45, 2.75) is 33.1 Å². The van der Waals surface area contributed by atoms with Crippen molar-refractivity contribution in [2.24, 2.45) is 0 Å². The summed E-state index contributed by atoms with van der Waals surface area (Å²) in [6, 6.07) is 1.83. The van der Waals surface area contributed by atoms with Gasteiger partial charge in [0.15, 0.2) is 0 Å². The lowest BCUT2D eigenvalue weighted by Crippen LogP contribution is -2.08. The number of carbonyl (C=O) groups excluding carboxylic acids is 1. The van der Waals surface area contributed by atoms with Crippen LogP contribution in [-0.2, 0) is 11.2 Å². The Morgan fingerprint density at radius 1 is 1.60 bits per heavy atom. The summed E-state index contributed by atoms with van der Waals surface area (Å²) >= 11 is 0. The van der Waals surface area contributed by atoms with Crippen LogP contribution in [0.5, 0.6) is 5.95 Å². The molecule has 15 heavy (non-hydrogen) atoms. The van der Waals surface area contributed by atoms with Gasteiger partial charge in [0.1, 0.15) is 0 Å². The number of carbonyl (C=O) groups is 1. The molecule has 82 valence electrons. The molecular weight excluding hydrogens is 192 g/mol. The van der Waals surface area contributed by atoms with Gasteiger partial charge >= 0.3 is 5.97 Å². The standard InChI is InChI=1S/C12H16O3/c1-4-5-6-10-7-8-14-12(10)15-11(13)9(2)3/h7-8H,2,4-6H2,1,3H3. The van der Waals surface area contributed by atoms with E-state index in [9.17, 15) is 4.79 Å². The molecule has 0 amide bonds. The summed E-state index contributed by atoms with van der Waals surface area (Å²) in [7, 11) is 0. The fourth-order valence-electron chi connectivity index (χ4n) is 1.14. The summed E-state index contributed by atoms with van der Waals surface area (Å²) in [4.78, 5) is 11.3. The van der Waals surface area contributed by atoms with Crippen LogP contribution in [0.3, 0.4) is 0 Å². The maximum Gasteiger partial charge on any atom is 0.340 e. The first-order chi connectivity index (χ1) is 7.15. The minimum absolute atomic E-state index is 0.302. The number of unbranched alkanes of at least 4 members (excludes halogenated alkanes) is 1. The van der Waals surface area contributed by atoms with Gasteiger partial charge in [-0.2, -0.15) is 0 Å². The molecule has 0 saturated carbocycles. The van der Waals surface area contributed by atoms with Gasteiger partial charge in [-0.05, 0) is 25.8 Å². The van der Waals surface area contributed by atoms with E-state index in [2.05, 4.69) is 13.5 Å². The fourth-order valence-corrected chi connectivity index (χ4v) is 1.14. The third kappa shape index (κ3) is 3.27. The average molecular weight is 208 g/mol. The Morgan fingerprint density at radius 3 is 2.93 bits per heavy atom. The van der Waals surface area contributed by atoms with Crippen LogP contribution in [0.15, 0.2) is 28.9 Å². The minimum Gasteiger partial charge on any atom is -0.434 e. The highest BCUT2D eigenvalue weighted by Crippen LogP contribution is 2.22. The summed E-state index contributed by atoms with van der Waals surface area (Å²) in [6.07, 6.45) is 4.55. The van der Waals surface area contributed by atoms with Crippen LogP contribution in [-0.4, -0.2) is 5.97 Å². The molecule has 1 aromatic rings. The van der Waals surface area contributed by atoms with Crippen molar-refractivity contribution in [3.05, 3.63) is 30.0 Å². The maximum absolute atomic E-state index is 11.3. The monoisotopic (exact) mass is 208 g/mol.